The zero-order valence-electron chi connectivity index (χ0n) is 14.8. The summed E-state index contributed by atoms with van der Waals surface area (Å²) in [6.07, 6.45) is -0.565. The quantitative estimate of drug-likeness (QED) is 0.688. The molecule has 4 rings (SSSR count). The molecule has 1 aliphatic rings. The van der Waals surface area contributed by atoms with Crippen molar-refractivity contribution in [2.45, 2.75) is 6.17 Å². The molecule has 2 N–H and O–H groups in total. The van der Waals surface area contributed by atoms with Crippen molar-refractivity contribution in [3.05, 3.63) is 100 Å². The summed E-state index contributed by atoms with van der Waals surface area (Å²) < 4.78 is 14.5. The molecular formula is C22H17ClFN3O. The number of nitrogens with one attached hydrogen (secondary N) is 2. The molecule has 4 nitrogen and oxygen atoms in total. The highest BCUT2D eigenvalue weighted by Gasteiger charge is 2.22. The summed E-state index contributed by atoms with van der Waals surface area (Å²) in [5.41, 5.74) is 3.00. The first-order chi connectivity index (χ1) is 13.6. The van der Waals surface area contributed by atoms with Crippen molar-refractivity contribution < 1.29 is 9.18 Å². The molecule has 0 aromatic heterocycles. The summed E-state index contributed by atoms with van der Waals surface area (Å²) >= 11 is 5.88. The van der Waals surface area contributed by atoms with Gasteiger partial charge in [-0.15, -0.1) is 0 Å². The van der Waals surface area contributed by atoms with Crippen LogP contribution in [0.5, 0.6) is 0 Å². The van der Waals surface area contributed by atoms with Crippen molar-refractivity contribution in [3.63, 3.8) is 0 Å². The predicted octanol–water partition coefficient (Wildman–Crippen LogP) is 4.50. The van der Waals surface area contributed by atoms with Gasteiger partial charge in [0.05, 0.1) is 12.3 Å². The van der Waals surface area contributed by atoms with Crippen molar-refractivity contribution in [1.82, 2.24) is 5.32 Å². The smallest absolute Gasteiger partial charge is 0.252 e. The van der Waals surface area contributed by atoms with Crippen LogP contribution in [0.3, 0.4) is 0 Å². The summed E-state index contributed by atoms with van der Waals surface area (Å²) in [5, 5.41) is 6.74. The molecule has 0 bridgehead atoms. The van der Waals surface area contributed by atoms with Crippen molar-refractivity contribution >= 4 is 28.9 Å². The molecule has 1 unspecified atom stereocenters. The van der Waals surface area contributed by atoms with E-state index in [2.05, 4.69) is 15.6 Å². The van der Waals surface area contributed by atoms with E-state index in [0.717, 1.165) is 11.3 Å². The van der Waals surface area contributed by atoms with E-state index in [9.17, 15) is 9.18 Å². The van der Waals surface area contributed by atoms with Crippen LogP contribution in [0.4, 0.5) is 10.1 Å². The third kappa shape index (κ3) is 3.75. The van der Waals surface area contributed by atoms with Gasteiger partial charge in [-0.2, -0.15) is 0 Å². The molecule has 28 heavy (non-hydrogen) atoms. The summed E-state index contributed by atoms with van der Waals surface area (Å²) in [6, 6.07) is 20.7. The average molecular weight is 394 g/mol. The molecule has 3 aromatic rings. The Bertz CT molecular complexity index is 1050. The van der Waals surface area contributed by atoms with Gasteiger partial charge in [0.1, 0.15) is 12.0 Å². The second-order valence-corrected chi connectivity index (χ2v) is 6.82. The van der Waals surface area contributed by atoms with Crippen LogP contribution in [0.1, 0.15) is 21.5 Å². The molecule has 140 valence electrons. The predicted molar refractivity (Wildman–Crippen MR) is 110 cm³/mol. The highest BCUT2D eigenvalue weighted by molar-refractivity contribution is 6.30. The van der Waals surface area contributed by atoms with Crippen molar-refractivity contribution in [1.29, 1.82) is 0 Å². The summed E-state index contributed by atoms with van der Waals surface area (Å²) in [4.78, 5) is 17.3. The Morgan fingerprint density at radius 3 is 2.43 bits per heavy atom. The first kappa shape index (κ1) is 18.2. The third-order valence-corrected chi connectivity index (χ3v) is 4.74. The minimum Gasteiger partial charge on any atom is -0.380 e. The summed E-state index contributed by atoms with van der Waals surface area (Å²) in [6.45, 7) is 0.383. The number of hydrogen-bond donors (Lipinski definition) is 2. The van der Waals surface area contributed by atoms with E-state index < -0.39 is 6.17 Å². The van der Waals surface area contributed by atoms with Gasteiger partial charge in [-0.1, -0.05) is 41.9 Å². The molecule has 1 heterocycles. The van der Waals surface area contributed by atoms with E-state index in [1.54, 1.807) is 42.5 Å². The molecular weight excluding hydrogens is 377 g/mol. The van der Waals surface area contributed by atoms with E-state index in [0.29, 0.717) is 28.4 Å². The van der Waals surface area contributed by atoms with Crippen LogP contribution in [-0.2, 0) is 0 Å². The Hall–Kier alpha value is -3.18. The third-order valence-electron chi connectivity index (χ3n) is 4.49. The van der Waals surface area contributed by atoms with E-state index in [1.165, 1.54) is 6.07 Å². The molecule has 0 saturated heterocycles. The van der Waals surface area contributed by atoms with E-state index in [1.807, 2.05) is 24.3 Å². The Morgan fingerprint density at radius 2 is 1.68 bits per heavy atom. The average Bonchev–Trinajstić information content (AvgIpc) is 2.89. The van der Waals surface area contributed by atoms with E-state index >= 15 is 0 Å². The summed E-state index contributed by atoms with van der Waals surface area (Å²) in [7, 11) is 0. The van der Waals surface area contributed by atoms with Gasteiger partial charge in [-0.3, -0.25) is 9.79 Å². The molecule has 0 radical (unpaired) electrons. The second-order valence-electron chi connectivity index (χ2n) is 6.38. The molecule has 1 atom stereocenters. The number of rotatable bonds is 3. The number of amides is 1. The van der Waals surface area contributed by atoms with Crippen LogP contribution in [0.2, 0.25) is 5.02 Å². The zero-order valence-corrected chi connectivity index (χ0v) is 15.6. The number of aliphatic imine (C=N–C) groups is 1. The van der Waals surface area contributed by atoms with Crippen LogP contribution in [0.25, 0.3) is 0 Å². The molecule has 0 aliphatic carbocycles. The zero-order chi connectivity index (χ0) is 19.5. The highest BCUT2D eigenvalue weighted by Crippen LogP contribution is 2.24. The number of halogens is 2. The second kappa shape index (κ2) is 7.82. The molecule has 6 heteroatoms. The van der Waals surface area contributed by atoms with E-state index in [-0.39, 0.29) is 11.7 Å². The van der Waals surface area contributed by atoms with Crippen LogP contribution in [0.15, 0.2) is 77.8 Å². The fourth-order valence-corrected chi connectivity index (χ4v) is 3.23. The normalized spacial score (nSPS) is 15.6. The Labute approximate surface area is 167 Å². The van der Waals surface area contributed by atoms with Gasteiger partial charge in [0.15, 0.2) is 0 Å². The summed E-state index contributed by atoms with van der Waals surface area (Å²) in [5.74, 6) is -0.633. The van der Waals surface area contributed by atoms with Gasteiger partial charge in [0.2, 0.25) is 0 Å². The van der Waals surface area contributed by atoms with Crippen LogP contribution < -0.4 is 10.6 Å². The van der Waals surface area contributed by atoms with Crippen LogP contribution >= 0.6 is 11.6 Å². The molecule has 1 aliphatic heterocycles. The van der Waals surface area contributed by atoms with Crippen LogP contribution in [-0.4, -0.2) is 24.3 Å². The maximum atomic E-state index is 14.5. The minimum absolute atomic E-state index is 0.272. The van der Waals surface area contributed by atoms with Gasteiger partial charge >= 0.3 is 0 Å². The lowest BCUT2D eigenvalue weighted by atomic mass is 10.0. The number of fused-ring (bicyclic) bond motifs is 1. The van der Waals surface area contributed by atoms with Crippen molar-refractivity contribution in [3.8, 4) is 0 Å². The molecule has 0 spiro atoms. The number of hydrogen-bond acceptors (Lipinski definition) is 3. The number of carbonyl (C=O) groups excluding carboxylic acids is 1. The molecule has 0 saturated carbocycles. The number of anilines is 1. The first-order valence-electron chi connectivity index (χ1n) is 8.84. The lowest BCUT2D eigenvalue weighted by molar-refractivity contribution is 0.0940. The Morgan fingerprint density at radius 1 is 1.00 bits per heavy atom. The lowest BCUT2D eigenvalue weighted by Crippen LogP contribution is -2.38. The van der Waals surface area contributed by atoms with E-state index in [4.69, 9.17) is 11.6 Å². The lowest BCUT2D eigenvalue weighted by Gasteiger charge is -2.15. The fraction of sp³-hybridized carbons (Fsp3) is 0.0909. The van der Waals surface area contributed by atoms with Crippen molar-refractivity contribution in [2.24, 2.45) is 4.99 Å². The number of benzodiazepines with no additional fused rings is 1. The van der Waals surface area contributed by atoms with Gasteiger partial charge in [-0.25, -0.2) is 4.39 Å². The van der Waals surface area contributed by atoms with Gasteiger partial charge in [0.25, 0.3) is 5.91 Å². The maximum absolute atomic E-state index is 14.5. The Balaban J connectivity index is 1.70. The monoisotopic (exact) mass is 393 g/mol. The largest absolute Gasteiger partial charge is 0.380 e. The number of nitrogens with zero attached hydrogens (tertiary/aromatic N) is 1. The maximum Gasteiger partial charge on any atom is 0.252 e. The molecule has 3 aromatic carbocycles. The number of benzene rings is 3. The minimum atomic E-state index is -0.565. The Kier molecular flexibility index (Phi) is 5.08. The SMILES string of the molecule is O=C(NC1CNc2ccccc2C(c2ccccc2F)=N1)c1ccc(Cl)cc1. The number of para-hydroxylation sites is 1. The molecule has 0 fully saturated rings. The van der Waals surface area contributed by atoms with Gasteiger partial charge in [-0.05, 0) is 42.5 Å². The first-order valence-corrected chi connectivity index (χ1v) is 9.22. The number of carbonyl (C=O) groups is 1. The highest BCUT2D eigenvalue weighted by atomic mass is 35.5. The van der Waals surface area contributed by atoms with Crippen LogP contribution in [0, 0.1) is 5.82 Å². The standard InChI is InChI=1S/C22H17ClFN3O/c23-15-11-9-14(10-12-15)22(28)27-20-13-25-19-8-4-2-6-17(19)21(26-20)16-5-1-3-7-18(16)24/h1-12,20,25H,13H2,(H,27,28). The fourth-order valence-electron chi connectivity index (χ4n) is 3.11. The molecule has 1 amide bonds. The van der Waals surface area contributed by atoms with Gasteiger partial charge < -0.3 is 10.6 Å². The van der Waals surface area contributed by atoms with Gasteiger partial charge in [0, 0.05) is 27.4 Å². The van der Waals surface area contributed by atoms with Crippen molar-refractivity contribution in [2.75, 3.05) is 11.9 Å². The topological polar surface area (TPSA) is 53.5 Å².